The Bertz CT molecular complexity index is 433. The molecule has 0 aliphatic carbocycles. The fourth-order valence-corrected chi connectivity index (χ4v) is 1.40. The topological polar surface area (TPSA) is 64.3 Å². The predicted molar refractivity (Wildman–Crippen MR) is 59.6 cm³/mol. The third kappa shape index (κ3) is 2.85. The molecular formula is C11H16N2O3. The molecule has 0 atom stereocenters. The predicted octanol–water partition coefficient (Wildman–Crippen LogP) is 1.45. The van der Waals surface area contributed by atoms with Crippen LogP contribution in [-0.2, 0) is 11.8 Å². The van der Waals surface area contributed by atoms with Crippen molar-refractivity contribution in [2.24, 2.45) is 7.05 Å². The van der Waals surface area contributed by atoms with Gasteiger partial charge in [0.25, 0.3) is 0 Å². The molecule has 0 aliphatic heterocycles. The van der Waals surface area contributed by atoms with E-state index in [0.717, 1.165) is 23.2 Å². The molecule has 1 aromatic rings. The first-order valence-electron chi connectivity index (χ1n) is 4.95. The smallest absolute Gasteiger partial charge is 0.328 e. The molecule has 0 bridgehead atoms. The van der Waals surface area contributed by atoms with Gasteiger partial charge in [0.1, 0.15) is 12.3 Å². The van der Waals surface area contributed by atoms with Crippen LogP contribution in [0.2, 0.25) is 0 Å². The van der Waals surface area contributed by atoms with Crippen LogP contribution in [0.4, 0.5) is 0 Å². The van der Waals surface area contributed by atoms with Crippen LogP contribution in [0.5, 0.6) is 5.75 Å². The summed E-state index contributed by atoms with van der Waals surface area (Å²) in [7, 11) is 1.84. The summed E-state index contributed by atoms with van der Waals surface area (Å²) in [6.45, 7) is 5.75. The lowest BCUT2D eigenvalue weighted by molar-refractivity contribution is -0.131. The fourth-order valence-electron chi connectivity index (χ4n) is 1.40. The lowest BCUT2D eigenvalue weighted by atomic mass is 10.3. The zero-order valence-corrected chi connectivity index (χ0v) is 9.94. The highest BCUT2D eigenvalue weighted by molar-refractivity contribution is 5.80. The lowest BCUT2D eigenvalue weighted by Gasteiger charge is -2.06. The van der Waals surface area contributed by atoms with Crippen molar-refractivity contribution >= 4 is 5.97 Å². The maximum absolute atomic E-state index is 10.4. The fraction of sp³-hybridized carbons (Fsp3) is 0.455. The minimum atomic E-state index is -0.958. The van der Waals surface area contributed by atoms with Gasteiger partial charge in [-0.3, -0.25) is 4.68 Å². The average molecular weight is 224 g/mol. The summed E-state index contributed by atoms with van der Waals surface area (Å²) in [6, 6.07) is 0. The zero-order valence-electron chi connectivity index (χ0n) is 9.94. The number of aliphatic carboxylic acids is 1. The van der Waals surface area contributed by atoms with Gasteiger partial charge in [-0.1, -0.05) is 0 Å². The van der Waals surface area contributed by atoms with Gasteiger partial charge in [0.05, 0.1) is 5.69 Å². The van der Waals surface area contributed by atoms with E-state index in [0.29, 0.717) is 5.57 Å². The molecule has 5 heteroatoms. The molecule has 0 saturated heterocycles. The van der Waals surface area contributed by atoms with Crippen molar-refractivity contribution in [1.82, 2.24) is 9.78 Å². The first-order valence-corrected chi connectivity index (χ1v) is 4.95. The van der Waals surface area contributed by atoms with E-state index >= 15 is 0 Å². The van der Waals surface area contributed by atoms with Crippen LogP contribution in [-0.4, -0.2) is 27.5 Å². The molecule has 0 spiro atoms. The van der Waals surface area contributed by atoms with Gasteiger partial charge in [-0.15, -0.1) is 0 Å². The molecule has 16 heavy (non-hydrogen) atoms. The van der Waals surface area contributed by atoms with Crippen molar-refractivity contribution in [3.63, 3.8) is 0 Å². The summed E-state index contributed by atoms with van der Waals surface area (Å²) in [6.07, 6.45) is 1.14. The van der Waals surface area contributed by atoms with Gasteiger partial charge in [0.15, 0.2) is 5.75 Å². The second kappa shape index (κ2) is 4.83. The summed E-state index contributed by atoms with van der Waals surface area (Å²) >= 11 is 0. The highest BCUT2D eigenvalue weighted by Gasteiger charge is 2.10. The largest absolute Gasteiger partial charge is 0.485 e. The highest BCUT2D eigenvalue weighted by atomic mass is 16.5. The molecule has 0 unspecified atom stereocenters. The molecule has 0 saturated carbocycles. The summed E-state index contributed by atoms with van der Waals surface area (Å²) in [5, 5.41) is 12.8. The molecule has 1 N–H and O–H groups in total. The molecule has 1 heterocycles. The Labute approximate surface area is 94.3 Å². The molecule has 1 aromatic heterocycles. The van der Waals surface area contributed by atoms with E-state index in [1.54, 1.807) is 11.6 Å². The third-order valence-corrected chi connectivity index (χ3v) is 2.26. The van der Waals surface area contributed by atoms with Gasteiger partial charge < -0.3 is 9.84 Å². The number of carboxylic acids is 1. The molecule has 88 valence electrons. The van der Waals surface area contributed by atoms with E-state index in [1.807, 2.05) is 20.9 Å². The molecule has 1 rings (SSSR count). The van der Waals surface area contributed by atoms with Crippen molar-refractivity contribution in [3.8, 4) is 5.75 Å². The number of hydrogen-bond donors (Lipinski definition) is 1. The van der Waals surface area contributed by atoms with E-state index in [9.17, 15) is 4.79 Å². The summed E-state index contributed by atoms with van der Waals surface area (Å²) in [4.78, 5) is 10.4. The maximum atomic E-state index is 10.4. The Morgan fingerprint density at radius 2 is 2.19 bits per heavy atom. The maximum Gasteiger partial charge on any atom is 0.328 e. The van der Waals surface area contributed by atoms with Gasteiger partial charge in [-0.05, 0) is 26.3 Å². The first-order chi connectivity index (χ1) is 7.41. The molecule has 5 nitrogen and oxygen atoms in total. The highest BCUT2D eigenvalue weighted by Crippen LogP contribution is 2.21. The second-order valence-electron chi connectivity index (χ2n) is 3.74. The minimum absolute atomic E-state index is 0.264. The Morgan fingerprint density at radius 3 is 2.62 bits per heavy atom. The van der Waals surface area contributed by atoms with Crippen LogP contribution in [0.1, 0.15) is 18.3 Å². The van der Waals surface area contributed by atoms with Gasteiger partial charge in [0, 0.05) is 13.1 Å². The first kappa shape index (κ1) is 12.3. The Morgan fingerprint density at radius 1 is 1.56 bits per heavy atom. The van der Waals surface area contributed by atoms with Crippen LogP contribution >= 0.6 is 0 Å². The number of ether oxygens (including phenoxy) is 1. The van der Waals surface area contributed by atoms with Crippen molar-refractivity contribution in [2.45, 2.75) is 20.8 Å². The number of aromatic nitrogens is 2. The van der Waals surface area contributed by atoms with Crippen molar-refractivity contribution in [2.75, 3.05) is 6.61 Å². The number of carbonyl (C=O) groups is 1. The van der Waals surface area contributed by atoms with Gasteiger partial charge in [0.2, 0.25) is 0 Å². The third-order valence-electron chi connectivity index (χ3n) is 2.26. The SMILES string of the molecule is CC(=CC(=O)O)COc1c(C)nn(C)c1C. The summed E-state index contributed by atoms with van der Waals surface area (Å²) < 4.78 is 7.27. The van der Waals surface area contributed by atoms with E-state index in [4.69, 9.17) is 9.84 Å². The Hall–Kier alpha value is -1.78. The molecule has 0 aromatic carbocycles. The molecule has 0 amide bonds. The lowest BCUT2D eigenvalue weighted by Crippen LogP contribution is -2.03. The van der Waals surface area contributed by atoms with Crippen molar-refractivity contribution in [1.29, 1.82) is 0 Å². The van der Waals surface area contributed by atoms with Crippen LogP contribution in [0.15, 0.2) is 11.6 Å². The summed E-state index contributed by atoms with van der Waals surface area (Å²) in [5.74, 6) is -0.235. The normalized spacial score (nSPS) is 11.6. The quantitative estimate of drug-likeness (QED) is 0.786. The molecule has 0 aliphatic rings. The Balaban J connectivity index is 2.72. The average Bonchev–Trinajstić information content (AvgIpc) is 2.38. The number of rotatable bonds is 4. The zero-order chi connectivity index (χ0) is 12.3. The van der Waals surface area contributed by atoms with Gasteiger partial charge >= 0.3 is 5.97 Å². The second-order valence-corrected chi connectivity index (χ2v) is 3.74. The van der Waals surface area contributed by atoms with E-state index in [2.05, 4.69) is 5.10 Å². The van der Waals surface area contributed by atoms with Crippen molar-refractivity contribution in [3.05, 3.63) is 23.0 Å². The van der Waals surface area contributed by atoms with E-state index < -0.39 is 5.97 Å². The number of hydrogen-bond acceptors (Lipinski definition) is 3. The summed E-state index contributed by atoms with van der Waals surface area (Å²) in [5.41, 5.74) is 2.40. The number of nitrogens with zero attached hydrogens (tertiary/aromatic N) is 2. The van der Waals surface area contributed by atoms with E-state index in [-0.39, 0.29) is 6.61 Å². The van der Waals surface area contributed by atoms with Crippen molar-refractivity contribution < 1.29 is 14.6 Å². The van der Waals surface area contributed by atoms with Crippen LogP contribution < -0.4 is 4.74 Å². The van der Waals surface area contributed by atoms with E-state index in [1.165, 1.54) is 0 Å². The van der Waals surface area contributed by atoms with Gasteiger partial charge in [-0.25, -0.2) is 4.79 Å². The number of aryl methyl sites for hydroxylation is 2. The van der Waals surface area contributed by atoms with Crippen LogP contribution in [0.25, 0.3) is 0 Å². The van der Waals surface area contributed by atoms with Crippen LogP contribution in [0, 0.1) is 13.8 Å². The molecule has 0 fully saturated rings. The molecule has 0 radical (unpaired) electrons. The Kier molecular flexibility index (Phi) is 3.71. The standard InChI is InChI=1S/C11H16N2O3/c1-7(5-10(14)15)6-16-11-8(2)12-13(4)9(11)3/h5H,6H2,1-4H3,(H,14,15). The monoisotopic (exact) mass is 224 g/mol. The number of carboxylic acid groups (broad SMARTS) is 1. The van der Waals surface area contributed by atoms with Crippen LogP contribution in [0.3, 0.4) is 0 Å². The molecular weight excluding hydrogens is 208 g/mol. The minimum Gasteiger partial charge on any atom is -0.485 e. The van der Waals surface area contributed by atoms with Gasteiger partial charge in [-0.2, -0.15) is 5.10 Å².